The molecular formula is C20H20N2O11S2. The average Bonchev–Trinajstić information content (AvgIpc) is 2.82. The number of fused-ring (bicyclic) bond motifs is 1. The molecule has 0 fully saturated rings. The molecule has 0 saturated carbocycles. The summed E-state index contributed by atoms with van der Waals surface area (Å²) in [6, 6.07) is 12.5. The fourth-order valence-corrected chi connectivity index (χ4v) is 3.97. The van der Waals surface area contributed by atoms with E-state index < -0.39 is 28.1 Å². The van der Waals surface area contributed by atoms with Crippen LogP contribution in [0.15, 0.2) is 63.7 Å². The second-order valence-corrected chi connectivity index (χ2v) is 9.10. The molecule has 188 valence electrons. The van der Waals surface area contributed by atoms with E-state index in [2.05, 4.69) is 24.2 Å². The van der Waals surface area contributed by atoms with E-state index in [1.807, 2.05) is 0 Å². The summed E-state index contributed by atoms with van der Waals surface area (Å²) >= 11 is -1.93. The third-order valence-corrected chi connectivity index (χ3v) is 5.98. The first kappa shape index (κ1) is 26.7. The minimum absolute atomic E-state index is 0.0511. The molecule has 3 rings (SSSR count). The minimum Gasteiger partial charge on any atom is -0.505 e. The molecule has 0 aromatic heterocycles. The Kier molecular flexibility index (Phi) is 9.33. The summed E-state index contributed by atoms with van der Waals surface area (Å²) in [6.07, 6.45) is 0. The molecule has 0 aliphatic heterocycles. The van der Waals surface area contributed by atoms with Gasteiger partial charge in [-0.1, -0.05) is 12.1 Å². The minimum atomic E-state index is -4.60. The molecule has 35 heavy (non-hydrogen) atoms. The summed E-state index contributed by atoms with van der Waals surface area (Å²) in [5.41, 5.74) is 1.36. The van der Waals surface area contributed by atoms with Gasteiger partial charge in [-0.25, -0.2) is 18.2 Å². The molecule has 0 heterocycles. The molecule has 4 N–H and O–H groups in total. The summed E-state index contributed by atoms with van der Waals surface area (Å²) in [6.45, 7) is -1.21. The largest absolute Gasteiger partial charge is 0.505 e. The van der Waals surface area contributed by atoms with Crippen LogP contribution in [-0.2, 0) is 52.8 Å². The van der Waals surface area contributed by atoms with E-state index in [0.717, 1.165) is 0 Å². The van der Waals surface area contributed by atoms with Crippen LogP contribution in [0.25, 0.3) is 10.8 Å². The number of benzene rings is 3. The molecule has 0 radical (unpaired) electrons. The van der Waals surface area contributed by atoms with E-state index in [-0.39, 0.29) is 41.7 Å². The Labute approximate surface area is 201 Å². The predicted octanol–water partition coefficient (Wildman–Crippen LogP) is 3.80. The van der Waals surface area contributed by atoms with Crippen LogP contribution < -0.4 is 0 Å². The number of hydrogen-bond acceptors (Lipinski definition) is 12. The summed E-state index contributed by atoms with van der Waals surface area (Å²) in [5, 5.41) is 37.5. The molecule has 13 nitrogen and oxygen atoms in total. The monoisotopic (exact) mass is 528 g/mol. The van der Waals surface area contributed by atoms with Gasteiger partial charge in [-0.05, 0) is 47.3 Å². The molecule has 15 heteroatoms. The van der Waals surface area contributed by atoms with Crippen molar-refractivity contribution in [1.82, 2.24) is 0 Å². The zero-order valence-electron chi connectivity index (χ0n) is 17.8. The highest BCUT2D eigenvalue weighted by molar-refractivity contribution is 7.81. The van der Waals surface area contributed by atoms with Crippen molar-refractivity contribution >= 4 is 43.6 Å². The molecule has 1 atom stereocenters. The van der Waals surface area contributed by atoms with Crippen LogP contribution in [0.4, 0.5) is 11.4 Å². The maximum atomic E-state index is 12.1. The quantitative estimate of drug-likeness (QED) is 0.0878. The second kappa shape index (κ2) is 12.2. The number of aromatic hydroxyl groups is 1. The van der Waals surface area contributed by atoms with Crippen molar-refractivity contribution in [1.29, 1.82) is 0 Å². The first-order valence-corrected chi connectivity index (χ1v) is 12.1. The van der Waals surface area contributed by atoms with Gasteiger partial charge in [0.05, 0.1) is 23.8 Å². The van der Waals surface area contributed by atoms with Crippen molar-refractivity contribution in [3.8, 4) is 5.75 Å². The Morgan fingerprint density at radius 2 is 1.63 bits per heavy atom. The van der Waals surface area contributed by atoms with Gasteiger partial charge in [0.15, 0.2) is 11.1 Å². The van der Waals surface area contributed by atoms with Crippen LogP contribution >= 0.6 is 0 Å². The maximum Gasteiger partial charge on any atom is 0.397 e. The van der Waals surface area contributed by atoms with Crippen LogP contribution in [0, 0.1) is 0 Å². The molecule has 3 aromatic carbocycles. The third kappa shape index (κ3) is 7.56. The van der Waals surface area contributed by atoms with Crippen LogP contribution in [0.5, 0.6) is 5.75 Å². The van der Waals surface area contributed by atoms with Gasteiger partial charge in [-0.15, -0.1) is 5.11 Å². The molecule has 1 unspecified atom stereocenters. The lowest BCUT2D eigenvalue weighted by molar-refractivity contribution is -0.253. The Morgan fingerprint density at radius 1 is 0.914 bits per heavy atom. The van der Waals surface area contributed by atoms with Gasteiger partial charge < -0.3 is 5.11 Å². The molecular weight excluding hydrogens is 508 g/mol. The van der Waals surface area contributed by atoms with Crippen LogP contribution in [0.1, 0.15) is 11.1 Å². The van der Waals surface area contributed by atoms with E-state index in [1.54, 1.807) is 24.3 Å². The first-order chi connectivity index (χ1) is 16.7. The summed E-state index contributed by atoms with van der Waals surface area (Å²) in [7, 11) is -4.60. The topological polar surface area (TPSA) is 194 Å². The van der Waals surface area contributed by atoms with E-state index in [9.17, 15) is 17.7 Å². The Balaban J connectivity index is 1.79. The van der Waals surface area contributed by atoms with E-state index in [4.69, 9.17) is 19.3 Å². The molecule has 0 bridgehead atoms. The first-order valence-electron chi connectivity index (χ1n) is 9.70. The summed E-state index contributed by atoms with van der Waals surface area (Å²) in [4.78, 5) is 8.56. The zero-order chi connectivity index (χ0) is 25.4. The lowest BCUT2D eigenvalue weighted by Crippen LogP contribution is -2.11. The Morgan fingerprint density at radius 3 is 2.29 bits per heavy atom. The smallest absolute Gasteiger partial charge is 0.397 e. The maximum absolute atomic E-state index is 12.1. The predicted molar refractivity (Wildman–Crippen MR) is 121 cm³/mol. The molecule has 0 aliphatic carbocycles. The zero-order valence-corrected chi connectivity index (χ0v) is 19.4. The van der Waals surface area contributed by atoms with Crippen LogP contribution in [0.2, 0.25) is 0 Å². The second-order valence-electron chi connectivity index (χ2n) is 6.84. The highest BCUT2D eigenvalue weighted by atomic mass is 32.3. The van der Waals surface area contributed by atoms with Crippen molar-refractivity contribution in [3.63, 3.8) is 0 Å². The van der Waals surface area contributed by atoms with Crippen molar-refractivity contribution in [2.45, 2.75) is 18.1 Å². The Bertz CT molecular complexity index is 1330. The third-order valence-electron chi connectivity index (χ3n) is 4.48. The molecule has 3 aromatic rings. The fraction of sp³-hybridized carbons (Fsp3) is 0.200. The number of hydrogen-bond donors (Lipinski definition) is 4. The number of rotatable bonds is 12. The van der Waals surface area contributed by atoms with Crippen molar-refractivity contribution < 1.29 is 50.9 Å². The van der Waals surface area contributed by atoms with Crippen molar-refractivity contribution in [3.05, 3.63) is 59.7 Å². The normalized spacial score (nSPS) is 13.0. The molecule has 0 saturated heterocycles. The van der Waals surface area contributed by atoms with E-state index in [0.29, 0.717) is 22.0 Å². The van der Waals surface area contributed by atoms with E-state index in [1.165, 1.54) is 24.3 Å². The molecule has 0 amide bonds. The molecule has 0 spiro atoms. The van der Waals surface area contributed by atoms with Crippen LogP contribution in [0.3, 0.4) is 0 Å². The molecule has 0 aliphatic rings. The SMILES string of the molecule is O=S(OCCOS(=O)(=O)O)c1ccc(N=Nc2c(O)c(COO)cc3cc(COO)ccc23)cc1. The lowest BCUT2D eigenvalue weighted by Gasteiger charge is -2.10. The van der Waals surface area contributed by atoms with E-state index >= 15 is 0 Å². The lowest BCUT2D eigenvalue weighted by atomic mass is 10.0. The van der Waals surface area contributed by atoms with Gasteiger partial charge in [-0.2, -0.15) is 13.5 Å². The summed E-state index contributed by atoms with van der Waals surface area (Å²) in [5.74, 6) is -0.250. The number of phenols is 1. The Hall–Kier alpha value is -2.86. The summed E-state index contributed by atoms with van der Waals surface area (Å²) < 4.78 is 50.5. The van der Waals surface area contributed by atoms with Gasteiger partial charge >= 0.3 is 10.4 Å². The van der Waals surface area contributed by atoms with Gasteiger partial charge in [0.1, 0.15) is 24.7 Å². The van der Waals surface area contributed by atoms with Gasteiger partial charge in [0, 0.05) is 10.9 Å². The fourth-order valence-electron chi connectivity index (χ4n) is 2.98. The van der Waals surface area contributed by atoms with Crippen LogP contribution in [-0.4, -0.2) is 46.0 Å². The number of nitrogens with zero attached hydrogens (tertiary/aromatic N) is 2. The average molecular weight is 529 g/mol. The van der Waals surface area contributed by atoms with Crippen molar-refractivity contribution in [2.75, 3.05) is 13.2 Å². The standard InChI is InChI=1S/C20H20N2O11S2/c23-20-15(12-31-25)10-14-9-13(11-30-24)1-6-18(14)19(20)22-21-16-2-4-17(5-3-16)34(26)32-7-8-33-35(27,28)29/h1-6,9-10,23-25H,7-8,11-12H2,(H,27,28,29). The van der Waals surface area contributed by atoms with Gasteiger partial charge in [0.25, 0.3) is 0 Å². The number of azo groups is 1. The van der Waals surface area contributed by atoms with Gasteiger partial charge in [-0.3, -0.25) is 19.3 Å². The van der Waals surface area contributed by atoms with Gasteiger partial charge in [0.2, 0.25) is 0 Å². The highest BCUT2D eigenvalue weighted by Crippen LogP contribution is 2.40. The number of phenolic OH excluding ortho intramolecular Hbond substituents is 1. The van der Waals surface area contributed by atoms with Crippen molar-refractivity contribution in [2.24, 2.45) is 10.2 Å². The highest BCUT2D eigenvalue weighted by Gasteiger charge is 2.14.